The molecule has 0 spiro atoms. The van der Waals surface area contributed by atoms with E-state index in [0.717, 1.165) is 22.7 Å². The van der Waals surface area contributed by atoms with Crippen LogP contribution in [0.4, 0.5) is 14.5 Å². The molecule has 1 amide bonds. The molecule has 0 fully saturated rings. The van der Waals surface area contributed by atoms with Gasteiger partial charge in [-0.25, -0.2) is 4.98 Å². The predicted molar refractivity (Wildman–Crippen MR) is 102 cm³/mol. The van der Waals surface area contributed by atoms with Gasteiger partial charge in [-0.2, -0.15) is 8.78 Å². The van der Waals surface area contributed by atoms with E-state index >= 15 is 0 Å². The SMILES string of the molecule is CCn1c(SC(C)C(=O)Nc2ccc(OC(F)F)cc2)nc2ccccc21. The maximum atomic E-state index is 12.5. The molecule has 5 nitrogen and oxygen atoms in total. The molecule has 2 aromatic carbocycles. The summed E-state index contributed by atoms with van der Waals surface area (Å²) in [6.45, 7) is 1.71. The van der Waals surface area contributed by atoms with Gasteiger partial charge in [0.05, 0.1) is 16.3 Å². The maximum Gasteiger partial charge on any atom is 0.387 e. The van der Waals surface area contributed by atoms with Crippen LogP contribution in [0.3, 0.4) is 0 Å². The number of halogens is 2. The topological polar surface area (TPSA) is 56.2 Å². The number of hydrogen-bond acceptors (Lipinski definition) is 4. The van der Waals surface area contributed by atoms with E-state index in [-0.39, 0.29) is 16.9 Å². The first kappa shape index (κ1) is 19.2. The number of hydrogen-bond donors (Lipinski definition) is 1. The van der Waals surface area contributed by atoms with E-state index in [9.17, 15) is 13.6 Å². The summed E-state index contributed by atoms with van der Waals surface area (Å²) < 4.78 is 30.7. The second-order valence-corrected chi connectivity index (χ2v) is 7.09. The van der Waals surface area contributed by atoms with E-state index in [1.165, 1.54) is 36.0 Å². The molecule has 142 valence electrons. The van der Waals surface area contributed by atoms with Crippen LogP contribution in [0, 0.1) is 0 Å². The van der Waals surface area contributed by atoms with Crippen molar-refractivity contribution in [2.24, 2.45) is 0 Å². The van der Waals surface area contributed by atoms with E-state index in [1.54, 1.807) is 6.92 Å². The molecule has 0 saturated heterocycles. The van der Waals surface area contributed by atoms with Gasteiger partial charge in [0.15, 0.2) is 5.16 Å². The van der Waals surface area contributed by atoms with Crippen molar-refractivity contribution < 1.29 is 18.3 Å². The lowest BCUT2D eigenvalue weighted by Crippen LogP contribution is -2.22. The number of ether oxygens (including phenoxy) is 1. The van der Waals surface area contributed by atoms with Crippen molar-refractivity contribution in [3.8, 4) is 5.75 Å². The average molecular weight is 391 g/mol. The third kappa shape index (κ3) is 4.57. The number of nitrogens with one attached hydrogen (secondary N) is 1. The minimum atomic E-state index is -2.88. The van der Waals surface area contributed by atoms with Crippen molar-refractivity contribution in [1.82, 2.24) is 9.55 Å². The second kappa shape index (κ2) is 8.39. The maximum absolute atomic E-state index is 12.5. The van der Waals surface area contributed by atoms with E-state index in [4.69, 9.17) is 0 Å². The van der Waals surface area contributed by atoms with Crippen molar-refractivity contribution in [3.05, 3.63) is 48.5 Å². The number of alkyl halides is 2. The number of carbonyl (C=O) groups excluding carboxylic acids is 1. The molecule has 3 rings (SSSR count). The summed E-state index contributed by atoms with van der Waals surface area (Å²) >= 11 is 1.38. The zero-order chi connectivity index (χ0) is 19.4. The second-order valence-electron chi connectivity index (χ2n) is 5.78. The highest BCUT2D eigenvalue weighted by molar-refractivity contribution is 8.00. The molecular formula is C19H19F2N3O2S. The van der Waals surface area contributed by atoms with Crippen molar-refractivity contribution in [2.45, 2.75) is 37.4 Å². The van der Waals surface area contributed by atoms with Gasteiger partial charge in [0.2, 0.25) is 5.91 Å². The third-order valence-corrected chi connectivity index (χ3v) is 5.02. The highest BCUT2D eigenvalue weighted by Crippen LogP contribution is 2.28. The number of benzene rings is 2. The Hall–Kier alpha value is -2.61. The number of amides is 1. The molecule has 0 bridgehead atoms. The number of aromatic nitrogens is 2. The summed E-state index contributed by atoms with van der Waals surface area (Å²) in [5.74, 6) is -0.153. The summed E-state index contributed by atoms with van der Waals surface area (Å²) in [5, 5.41) is 3.17. The molecular weight excluding hydrogens is 372 g/mol. The summed E-state index contributed by atoms with van der Waals surface area (Å²) in [7, 11) is 0. The van der Waals surface area contributed by atoms with Gasteiger partial charge in [-0.15, -0.1) is 0 Å². The summed E-state index contributed by atoms with van der Waals surface area (Å²) in [4.78, 5) is 17.1. The predicted octanol–water partition coefficient (Wildman–Crippen LogP) is 4.78. The van der Waals surface area contributed by atoms with Crippen LogP contribution in [0.5, 0.6) is 5.75 Å². The van der Waals surface area contributed by atoms with Gasteiger partial charge in [0.25, 0.3) is 0 Å². The Kier molecular flexibility index (Phi) is 5.95. The van der Waals surface area contributed by atoms with E-state index in [0.29, 0.717) is 5.69 Å². The van der Waals surface area contributed by atoms with Crippen LogP contribution in [0.2, 0.25) is 0 Å². The minimum absolute atomic E-state index is 0.0436. The lowest BCUT2D eigenvalue weighted by atomic mass is 10.3. The Bertz CT molecular complexity index is 928. The van der Waals surface area contributed by atoms with E-state index in [1.807, 2.05) is 31.2 Å². The number of thioether (sulfide) groups is 1. The lowest BCUT2D eigenvalue weighted by Gasteiger charge is -2.13. The van der Waals surface area contributed by atoms with Crippen LogP contribution in [-0.4, -0.2) is 27.3 Å². The van der Waals surface area contributed by atoms with Crippen LogP contribution < -0.4 is 10.1 Å². The minimum Gasteiger partial charge on any atom is -0.435 e. The fourth-order valence-corrected chi connectivity index (χ4v) is 3.61. The van der Waals surface area contributed by atoms with Crippen LogP contribution in [0.25, 0.3) is 11.0 Å². The zero-order valence-electron chi connectivity index (χ0n) is 14.9. The molecule has 8 heteroatoms. The summed E-state index contributed by atoms with van der Waals surface area (Å²) in [5.41, 5.74) is 2.44. The van der Waals surface area contributed by atoms with Crippen LogP contribution in [0.15, 0.2) is 53.7 Å². The molecule has 0 aliphatic rings. The van der Waals surface area contributed by atoms with Crippen LogP contribution in [-0.2, 0) is 11.3 Å². The van der Waals surface area contributed by atoms with Gasteiger partial charge in [-0.3, -0.25) is 4.79 Å². The highest BCUT2D eigenvalue weighted by Gasteiger charge is 2.19. The number of imidazole rings is 1. The van der Waals surface area contributed by atoms with Crippen molar-refractivity contribution in [2.75, 3.05) is 5.32 Å². The molecule has 1 unspecified atom stereocenters. The summed E-state index contributed by atoms with van der Waals surface area (Å²) in [6.07, 6.45) is 0. The van der Waals surface area contributed by atoms with E-state index in [2.05, 4.69) is 19.6 Å². The fraction of sp³-hybridized carbons (Fsp3) is 0.263. The molecule has 1 N–H and O–H groups in total. The van der Waals surface area contributed by atoms with Crippen molar-refractivity contribution >= 4 is 34.4 Å². The number of rotatable bonds is 7. The van der Waals surface area contributed by atoms with Crippen LogP contribution in [0.1, 0.15) is 13.8 Å². The molecule has 27 heavy (non-hydrogen) atoms. The third-order valence-electron chi connectivity index (χ3n) is 3.93. The standard InChI is InChI=1S/C19H19F2N3O2S/c1-3-24-16-7-5-4-6-15(16)23-19(24)27-12(2)17(25)22-13-8-10-14(11-9-13)26-18(20)21/h4-12,18H,3H2,1-2H3,(H,22,25). The van der Waals surface area contributed by atoms with E-state index < -0.39 is 6.61 Å². The van der Waals surface area contributed by atoms with Gasteiger partial charge in [-0.05, 0) is 50.2 Å². The normalized spacial score (nSPS) is 12.3. The summed E-state index contributed by atoms with van der Waals surface area (Å²) in [6, 6.07) is 13.7. The Morgan fingerprint density at radius 1 is 1.22 bits per heavy atom. The van der Waals surface area contributed by atoms with Gasteiger partial charge in [-0.1, -0.05) is 23.9 Å². The largest absolute Gasteiger partial charge is 0.435 e. The molecule has 1 aromatic heterocycles. The number of carbonyl (C=O) groups is 1. The number of fused-ring (bicyclic) bond motifs is 1. The molecule has 0 aliphatic heterocycles. The smallest absolute Gasteiger partial charge is 0.387 e. The Morgan fingerprint density at radius 2 is 1.93 bits per heavy atom. The zero-order valence-corrected chi connectivity index (χ0v) is 15.7. The molecule has 1 heterocycles. The Balaban J connectivity index is 1.67. The molecule has 0 radical (unpaired) electrons. The van der Waals surface area contributed by atoms with Gasteiger partial charge in [0, 0.05) is 12.2 Å². The number of para-hydroxylation sites is 2. The molecule has 1 atom stereocenters. The quantitative estimate of drug-likeness (QED) is 0.589. The van der Waals surface area contributed by atoms with Crippen LogP contribution >= 0.6 is 11.8 Å². The molecule has 0 aliphatic carbocycles. The Morgan fingerprint density at radius 3 is 2.59 bits per heavy atom. The first-order chi connectivity index (χ1) is 13.0. The number of aryl methyl sites for hydroxylation is 1. The van der Waals surface area contributed by atoms with Crippen molar-refractivity contribution in [3.63, 3.8) is 0 Å². The average Bonchev–Trinajstić information content (AvgIpc) is 2.99. The molecule has 3 aromatic rings. The number of nitrogens with zero attached hydrogens (tertiary/aromatic N) is 2. The lowest BCUT2D eigenvalue weighted by molar-refractivity contribution is -0.115. The fourth-order valence-electron chi connectivity index (χ4n) is 2.62. The highest BCUT2D eigenvalue weighted by atomic mass is 32.2. The van der Waals surface area contributed by atoms with Gasteiger partial charge < -0.3 is 14.6 Å². The first-order valence-corrected chi connectivity index (χ1v) is 9.33. The van der Waals surface area contributed by atoms with Gasteiger partial charge >= 0.3 is 6.61 Å². The number of anilines is 1. The Labute approximate surface area is 159 Å². The van der Waals surface area contributed by atoms with Crippen molar-refractivity contribution in [1.29, 1.82) is 0 Å². The first-order valence-electron chi connectivity index (χ1n) is 8.45. The molecule has 0 saturated carbocycles. The monoisotopic (exact) mass is 391 g/mol. The van der Waals surface area contributed by atoms with Gasteiger partial charge in [0.1, 0.15) is 5.75 Å².